The summed E-state index contributed by atoms with van der Waals surface area (Å²) < 4.78 is 0. The van der Waals surface area contributed by atoms with E-state index in [0.29, 0.717) is 6.42 Å². The van der Waals surface area contributed by atoms with Gasteiger partial charge in [0.15, 0.2) is 0 Å². The lowest BCUT2D eigenvalue weighted by molar-refractivity contribution is 0.134. The van der Waals surface area contributed by atoms with Crippen molar-refractivity contribution in [2.75, 3.05) is 0 Å². The molecular weight excluding hydrogens is 148 g/mol. The van der Waals surface area contributed by atoms with Gasteiger partial charge in [-0.25, -0.2) is 0 Å². The van der Waals surface area contributed by atoms with Crippen molar-refractivity contribution in [3.05, 3.63) is 0 Å². The maximum absolute atomic E-state index is 9.46. The lowest BCUT2D eigenvalue weighted by Crippen LogP contribution is -2.15. The Morgan fingerprint density at radius 2 is 2.00 bits per heavy atom. The van der Waals surface area contributed by atoms with E-state index >= 15 is 0 Å². The van der Waals surface area contributed by atoms with Gasteiger partial charge in [-0.05, 0) is 12.3 Å². The van der Waals surface area contributed by atoms with Crippen LogP contribution < -0.4 is 0 Å². The fourth-order valence-electron chi connectivity index (χ4n) is 2.03. The fourth-order valence-corrected chi connectivity index (χ4v) is 2.03. The molecule has 0 spiro atoms. The predicted octanol–water partition coefficient (Wildman–Crippen LogP) is 2.34. The Balaban J connectivity index is 2.16. The first-order valence-electron chi connectivity index (χ1n) is 4.94. The molecular formula is C11H18O. The number of aliphatic hydroxyl groups excluding tert-OH is 1. The number of aliphatic hydroxyl groups is 1. The van der Waals surface area contributed by atoms with Crippen LogP contribution in [-0.4, -0.2) is 11.2 Å². The van der Waals surface area contributed by atoms with Gasteiger partial charge in [-0.3, -0.25) is 0 Å². The lowest BCUT2D eigenvalue weighted by atomic mass is 9.85. The third-order valence-electron chi connectivity index (χ3n) is 2.68. The minimum atomic E-state index is -0.252. The maximum Gasteiger partial charge on any atom is 0.0651 e. The van der Waals surface area contributed by atoms with Crippen LogP contribution in [0.4, 0.5) is 0 Å². The first-order chi connectivity index (χ1) is 5.83. The van der Waals surface area contributed by atoms with Crippen molar-refractivity contribution in [2.45, 2.75) is 51.0 Å². The van der Waals surface area contributed by atoms with E-state index in [2.05, 4.69) is 5.92 Å². The van der Waals surface area contributed by atoms with Gasteiger partial charge in [0, 0.05) is 6.42 Å². The number of hydrogen-bond acceptors (Lipinski definition) is 1. The van der Waals surface area contributed by atoms with Gasteiger partial charge in [0.05, 0.1) is 6.10 Å². The van der Waals surface area contributed by atoms with Gasteiger partial charge < -0.3 is 5.11 Å². The molecule has 0 radical (unpaired) electrons. The van der Waals surface area contributed by atoms with Crippen molar-refractivity contribution in [1.29, 1.82) is 0 Å². The van der Waals surface area contributed by atoms with E-state index in [0.717, 1.165) is 12.3 Å². The van der Waals surface area contributed by atoms with Crippen LogP contribution in [0.25, 0.3) is 0 Å². The quantitative estimate of drug-likeness (QED) is 0.638. The Morgan fingerprint density at radius 1 is 1.33 bits per heavy atom. The standard InChI is InChI=1S/C11H18O/c1-2-6-11(12)9-10-7-4-3-5-8-10/h1,10-12H,3-9H2. The van der Waals surface area contributed by atoms with E-state index in [4.69, 9.17) is 6.42 Å². The van der Waals surface area contributed by atoms with E-state index in [9.17, 15) is 5.11 Å². The van der Waals surface area contributed by atoms with E-state index in [1.165, 1.54) is 32.1 Å². The molecule has 0 aromatic rings. The molecule has 1 N–H and O–H groups in total. The molecule has 0 heterocycles. The molecule has 0 aromatic heterocycles. The third kappa shape index (κ3) is 3.28. The zero-order valence-electron chi connectivity index (χ0n) is 7.63. The van der Waals surface area contributed by atoms with Gasteiger partial charge in [0.1, 0.15) is 0 Å². The summed E-state index contributed by atoms with van der Waals surface area (Å²) in [5.41, 5.74) is 0. The van der Waals surface area contributed by atoms with Gasteiger partial charge in [0.2, 0.25) is 0 Å². The first kappa shape index (κ1) is 9.61. The minimum Gasteiger partial charge on any atom is -0.392 e. The number of terminal acetylenes is 1. The first-order valence-corrected chi connectivity index (χ1v) is 4.94. The summed E-state index contributed by atoms with van der Waals surface area (Å²) in [4.78, 5) is 0. The summed E-state index contributed by atoms with van der Waals surface area (Å²) in [5, 5.41) is 9.46. The molecule has 1 aliphatic carbocycles. The summed E-state index contributed by atoms with van der Waals surface area (Å²) in [5.74, 6) is 3.25. The molecule has 12 heavy (non-hydrogen) atoms. The summed E-state index contributed by atoms with van der Waals surface area (Å²) in [6.07, 6.45) is 13.0. The van der Waals surface area contributed by atoms with E-state index in [-0.39, 0.29) is 6.10 Å². The average Bonchev–Trinajstić information content (AvgIpc) is 2.06. The molecule has 0 bridgehead atoms. The summed E-state index contributed by atoms with van der Waals surface area (Å²) >= 11 is 0. The highest BCUT2D eigenvalue weighted by molar-refractivity contribution is 4.87. The molecule has 0 aromatic carbocycles. The second-order valence-electron chi connectivity index (χ2n) is 3.80. The topological polar surface area (TPSA) is 20.2 Å². The zero-order chi connectivity index (χ0) is 8.81. The molecule has 1 fully saturated rings. The molecule has 1 aliphatic rings. The molecule has 1 rings (SSSR count). The molecule has 0 amide bonds. The van der Waals surface area contributed by atoms with Crippen LogP contribution in [0.3, 0.4) is 0 Å². The molecule has 1 saturated carbocycles. The van der Waals surface area contributed by atoms with Crippen molar-refractivity contribution in [3.8, 4) is 12.3 Å². The number of hydrogen-bond donors (Lipinski definition) is 1. The third-order valence-corrected chi connectivity index (χ3v) is 2.68. The Kier molecular flexibility index (Phi) is 4.18. The SMILES string of the molecule is C#CCC(O)CC1CCCCC1. The van der Waals surface area contributed by atoms with Crippen LogP contribution in [-0.2, 0) is 0 Å². The monoisotopic (exact) mass is 166 g/mol. The van der Waals surface area contributed by atoms with Crippen molar-refractivity contribution < 1.29 is 5.11 Å². The number of rotatable bonds is 3. The van der Waals surface area contributed by atoms with Crippen LogP contribution in [0, 0.1) is 18.3 Å². The van der Waals surface area contributed by atoms with Crippen LogP contribution in [0.5, 0.6) is 0 Å². The van der Waals surface area contributed by atoms with Gasteiger partial charge >= 0.3 is 0 Å². The average molecular weight is 166 g/mol. The van der Waals surface area contributed by atoms with Gasteiger partial charge in [-0.1, -0.05) is 32.1 Å². The molecule has 1 nitrogen and oxygen atoms in total. The zero-order valence-corrected chi connectivity index (χ0v) is 7.63. The van der Waals surface area contributed by atoms with Crippen molar-refractivity contribution in [3.63, 3.8) is 0 Å². The second kappa shape index (κ2) is 5.22. The highest BCUT2D eigenvalue weighted by Crippen LogP contribution is 2.27. The van der Waals surface area contributed by atoms with Gasteiger partial charge in [-0.2, -0.15) is 0 Å². The van der Waals surface area contributed by atoms with Gasteiger partial charge in [0.25, 0.3) is 0 Å². The Hall–Kier alpha value is -0.480. The smallest absolute Gasteiger partial charge is 0.0651 e. The Bertz CT molecular complexity index is 151. The second-order valence-corrected chi connectivity index (χ2v) is 3.80. The van der Waals surface area contributed by atoms with E-state index in [1.54, 1.807) is 0 Å². The lowest BCUT2D eigenvalue weighted by Gasteiger charge is -2.23. The van der Waals surface area contributed by atoms with E-state index in [1.807, 2.05) is 0 Å². The summed E-state index contributed by atoms with van der Waals surface area (Å²) in [7, 11) is 0. The molecule has 0 aliphatic heterocycles. The van der Waals surface area contributed by atoms with Crippen LogP contribution in [0.2, 0.25) is 0 Å². The summed E-state index contributed by atoms with van der Waals surface area (Å²) in [6.45, 7) is 0. The Labute approximate surface area is 75.2 Å². The minimum absolute atomic E-state index is 0.252. The van der Waals surface area contributed by atoms with Crippen molar-refractivity contribution >= 4 is 0 Å². The highest BCUT2D eigenvalue weighted by Gasteiger charge is 2.16. The van der Waals surface area contributed by atoms with Crippen molar-refractivity contribution in [2.24, 2.45) is 5.92 Å². The molecule has 68 valence electrons. The summed E-state index contributed by atoms with van der Waals surface area (Å²) in [6, 6.07) is 0. The van der Waals surface area contributed by atoms with Gasteiger partial charge in [-0.15, -0.1) is 12.3 Å². The maximum atomic E-state index is 9.46. The van der Waals surface area contributed by atoms with E-state index < -0.39 is 0 Å². The van der Waals surface area contributed by atoms with Crippen LogP contribution >= 0.6 is 0 Å². The molecule has 1 heteroatoms. The molecule has 0 saturated heterocycles. The molecule has 1 atom stereocenters. The molecule has 1 unspecified atom stereocenters. The van der Waals surface area contributed by atoms with Crippen LogP contribution in [0.1, 0.15) is 44.9 Å². The van der Waals surface area contributed by atoms with Crippen LogP contribution in [0.15, 0.2) is 0 Å². The normalized spacial score (nSPS) is 21.7. The largest absolute Gasteiger partial charge is 0.392 e. The highest BCUT2D eigenvalue weighted by atomic mass is 16.3. The Morgan fingerprint density at radius 3 is 2.58 bits per heavy atom. The fraction of sp³-hybridized carbons (Fsp3) is 0.818. The predicted molar refractivity (Wildman–Crippen MR) is 50.6 cm³/mol. The van der Waals surface area contributed by atoms with Crippen molar-refractivity contribution in [1.82, 2.24) is 0 Å².